The molecule has 1 fully saturated rings. The van der Waals surface area contributed by atoms with Gasteiger partial charge in [-0.05, 0) is 37.5 Å². The SMILES string of the molecule is CC(N)C1CCN(C(=O)c2ccc(Cl)c(Cl)c2)C1. The standard InChI is InChI=1S/C13H16Cl2N2O/c1-8(16)10-4-5-17(7-10)13(18)9-2-3-11(14)12(15)6-9/h2-3,6,8,10H,4-5,7,16H2,1H3. The lowest BCUT2D eigenvalue weighted by Gasteiger charge is -2.18. The van der Waals surface area contributed by atoms with Crippen molar-refractivity contribution in [1.29, 1.82) is 0 Å². The number of likely N-dealkylation sites (tertiary alicyclic amines) is 1. The van der Waals surface area contributed by atoms with Crippen molar-refractivity contribution >= 4 is 29.1 Å². The van der Waals surface area contributed by atoms with E-state index >= 15 is 0 Å². The highest BCUT2D eigenvalue weighted by atomic mass is 35.5. The minimum atomic E-state index is -0.00304. The Balaban J connectivity index is 2.10. The van der Waals surface area contributed by atoms with Gasteiger partial charge in [-0.25, -0.2) is 0 Å². The van der Waals surface area contributed by atoms with Crippen LogP contribution < -0.4 is 5.73 Å². The number of carbonyl (C=O) groups is 1. The van der Waals surface area contributed by atoms with E-state index in [9.17, 15) is 4.79 Å². The fourth-order valence-electron chi connectivity index (χ4n) is 2.21. The van der Waals surface area contributed by atoms with Gasteiger partial charge in [0, 0.05) is 24.7 Å². The molecule has 1 heterocycles. The predicted molar refractivity (Wildman–Crippen MR) is 74.1 cm³/mol. The van der Waals surface area contributed by atoms with Crippen LogP contribution in [0.15, 0.2) is 18.2 Å². The van der Waals surface area contributed by atoms with Crippen molar-refractivity contribution < 1.29 is 4.79 Å². The monoisotopic (exact) mass is 286 g/mol. The van der Waals surface area contributed by atoms with E-state index in [1.807, 2.05) is 11.8 Å². The topological polar surface area (TPSA) is 46.3 Å². The van der Waals surface area contributed by atoms with Crippen LogP contribution in [-0.2, 0) is 0 Å². The lowest BCUT2D eigenvalue weighted by molar-refractivity contribution is 0.0786. The van der Waals surface area contributed by atoms with Crippen molar-refractivity contribution in [1.82, 2.24) is 4.90 Å². The predicted octanol–water partition coefficient (Wildman–Crippen LogP) is 2.80. The summed E-state index contributed by atoms with van der Waals surface area (Å²) in [6, 6.07) is 5.09. The van der Waals surface area contributed by atoms with Crippen molar-refractivity contribution in [2.24, 2.45) is 11.7 Å². The summed E-state index contributed by atoms with van der Waals surface area (Å²) in [6.45, 7) is 3.46. The fraction of sp³-hybridized carbons (Fsp3) is 0.462. The molecule has 5 heteroatoms. The Labute approximate surface area is 117 Å². The Morgan fingerprint density at radius 1 is 1.44 bits per heavy atom. The third-order valence-electron chi connectivity index (χ3n) is 3.42. The molecule has 1 aromatic rings. The van der Waals surface area contributed by atoms with E-state index < -0.39 is 0 Å². The molecule has 0 aromatic heterocycles. The summed E-state index contributed by atoms with van der Waals surface area (Å²) in [7, 11) is 0. The second-order valence-electron chi connectivity index (χ2n) is 4.79. The molecular formula is C13H16Cl2N2O. The molecule has 3 nitrogen and oxygen atoms in total. The highest BCUT2D eigenvalue weighted by molar-refractivity contribution is 6.42. The third kappa shape index (κ3) is 2.79. The van der Waals surface area contributed by atoms with Gasteiger partial charge in [-0.3, -0.25) is 4.79 Å². The van der Waals surface area contributed by atoms with Crippen LogP contribution in [0.1, 0.15) is 23.7 Å². The molecule has 1 aromatic carbocycles. The maximum absolute atomic E-state index is 12.3. The van der Waals surface area contributed by atoms with Gasteiger partial charge >= 0.3 is 0 Å². The van der Waals surface area contributed by atoms with Crippen molar-refractivity contribution in [3.8, 4) is 0 Å². The van der Waals surface area contributed by atoms with E-state index in [0.29, 0.717) is 21.5 Å². The van der Waals surface area contributed by atoms with Crippen molar-refractivity contribution in [3.05, 3.63) is 33.8 Å². The van der Waals surface area contributed by atoms with E-state index in [-0.39, 0.29) is 11.9 Å². The highest BCUT2D eigenvalue weighted by Crippen LogP contribution is 2.25. The summed E-state index contributed by atoms with van der Waals surface area (Å²) in [5, 5.41) is 0.869. The Bertz CT molecular complexity index is 462. The molecule has 1 saturated heterocycles. The lowest BCUT2D eigenvalue weighted by Crippen LogP contribution is -2.33. The number of carbonyl (C=O) groups excluding carboxylic acids is 1. The zero-order valence-corrected chi connectivity index (χ0v) is 11.7. The zero-order valence-electron chi connectivity index (χ0n) is 10.2. The third-order valence-corrected chi connectivity index (χ3v) is 4.16. The number of benzene rings is 1. The van der Waals surface area contributed by atoms with Gasteiger partial charge in [0.15, 0.2) is 0 Å². The number of hydrogen-bond acceptors (Lipinski definition) is 2. The second-order valence-corrected chi connectivity index (χ2v) is 5.60. The van der Waals surface area contributed by atoms with E-state index in [1.165, 1.54) is 0 Å². The van der Waals surface area contributed by atoms with Crippen LogP contribution in [0.4, 0.5) is 0 Å². The number of halogens is 2. The molecule has 0 aliphatic carbocycles. The number of nitrogens with two attached hydrogens (primary N) is 1. The van der Waals surface area contributed by atoms with Crippen LogP contribution in [0.25, 0.3) is 0 Å². The number of rotatable bonds is 2. The summed E-state index contributed by atoms with van der Waals surface area (Å²) >= 11 is 11.8. The van der Waals surface area contributed by atoms with Crippen molar-refractivity contribution in [2.45, 2.75) is 19.4 Å². The number of hydrogen-bond donors (Lipinski definition) is 1. The normalized spacial score (nSPS) is 21.1. The molecule has 98 valence electrons. The first-order valence-electron chi connectivity index (χ1n) is 5.99. The molecule has 1 amide bonds. The Morgan fingerprint density at radius 2 is 2.17 bits per heavy atom. The zero-order chi connectivity index (χ0) is 13.3. The van der Waals surface area contributed by atoms with E-state index in [2.05, 4.69) is 0 Å². The molecule has 1 aliphatic rings. The molecule has 0 spiro atoms. The first-order chi connectivity index (χ1) is 8.49. The van der Waals surface area contributed by atoms with Gasteiger partial charge in [0.05, 0.1) is 10.0 Å². The molecule has 2 atom stereocenters. The van der Waals surface area contributed by atoms with Gasteiger partial charge in [0.1, 0.15) is 0 Å². The molecule has 2 N–H and O–H groups in total. The second kappa shape index (κ2) is 5.47. The number of nitrogens with zero attached hydrogens (tertiary/aromatic N) is 1. The Morgan fingerprint density at radius 3 is 2.72 bits per heavy atom. The van der Waals surface area contributed by atoms with Crippen LogP contribution in [0.2, 0.25) is 10.0 Å². The minimum absolute atomic E-state index is 0.00304. The maximum Gasteiger partial charge on any atom is 0.253 e. The smallest absolute Gasteiger partial charge is 0.253 e. The minimum Gasteiger partial charge on any atom is -0.338 e. The van der Waals surface area contributed by atoms with E-state index in [1.54, 1.807) is 18.2 Å². The van der Waals surface area contributed by atoms with Crippen LogP contribution in [0.3, 0.4) is 0 Å². The Kier molecular flexibility index (Phi) is 4.15. The van der Waals surface area contributed by atoms with Gasteiger partial charge < -0.3 is 10.6 Å². The molecule has 18 heavy (non-hydrogen) atoms. The Hall–Kier alpha value is -0.770. The summed E-state index contributed by atoms with van der Waals surface area (Å²) in [5.41, 5.74) is 6.44. The summed E-state index contributed by atoms with van der Waals surface area (Å²) in [4.78, 5) is 14.1. The van der Waals surface area contributed by atoms with Crippen LogP contribution >= 0.6 is 23.2 Å². The van der Waals surface area contributed by atoms with Gasteiger partial charge in [-0.2, -0.15) is 0 Å². The molecular weight excluding hydrogens is 271 g/mol. The summed E-state index contributed by atoms with van der Waals surface area (Å²) in [5.74, 6) is 0.383. The lowest BCUT2D eigenvalue weighted by atomic mass is 10.0. The number of amides is 1. The van der Waals surface area contributed by atoms with Crippen molar-refractivity contribution in [2.75, 3.05) is 13.1 Å². The average molecular weight is 287 g/mol. The molecule has 1 aliphatic heterocycles. The van der Waals surface area contributed by atoms with Gasteiger partial charge in [-0.15, -0.1) is 0 Å². The largest absolute Gasteiger partial charge is 0.338 e. The van der Waals surface area contributed by atoms with Crippen LogP contribution in [0.5, 0.6) is 0 Å². The molecule has 2 rings (SSSR count). The van der Waals surface area contributed by atoms with Gasteiger partial charge in [0.2, 0.25) is 0 Å². The molecule has 0 radical (unpaired) electrons. The fourth-order valence-corrected chi connectivity index (χ4v) is 2.51. The highest BCUT2D eigenvalue weighted by Gasteiger charge is 2.29. The summed E-state index contributed by atoms with van der Waals surface area (Å²) in [6.07, 6.45) is 0.963. The van der Waals surface area contributed by atoms with Gasteiger partial charge in [-0.1, -0.05) is 23.2 Å². The first-order valence-corrected chi connectivity index (χ1v) is 6.74. The average Bonchev–Trinajstić information content (AvgIpc) is 2.81. The van der Waals surface area contributed by atoms with Gasteiger partial charge in [0.25, 0.3) is 5.91 Å². The molecule has 2 unspecified atom stereocenters. The molecule has 0 bridgehead atoms. The quantitative estimate of drug-likeness (QED) is 0.909. The van der Waals surface area contributed by atoms with E-state index in [4.69, 9.17) is 28.9 Å². The van der Waals surface area contributed by atoms with Crippen LogP contribution in [-0.4, -0.2) is 29.9 Å². The van der Waals surface area contributed by atoms with Crippen molar-refractivity contribution in [3.63, 3.8) is 0 Å². The first kappa shape index (κ1) is 13.7. The summed E-state index contributed by atoms with van der Waals surface area (Å²) < 4.78 is 0. The maximum atomic E-state index is 12.3. The molecule has 0 saturated carbocycles. The van der Waals surface area contributed by atoms with E-state index in [0.717, 1.165) is 19.5 Å². The van der Waals surface area contributed by atoms with Crippen LogP contribution in [0, 0.1) is 5.92 Å².